The molecule has 0 aliphatic carbocycles. The molecule has 0 bridgehead atoms. The molecule has 0 aliphatic rings. The van der Waals surface area contributed by atoms with Gasteiger partial charge in [-0.2, -0.15) is 22.8 Å². The zero-order valence-electron chi connectivity index (χ0n) is 13.8. The fourth-order valence-electron chi connectivity index (χ4n) is 2.72. The zero-order chi connectivity index (χ0) is 19.1. The summed E-state index contributed by atoms with van der Waals surface area (Å²) in [7, 11) is 1.16. The average molecular weight is 365 g/mol. The summed E-state index contributed by atoms with van der Waals surface area (Å²) in [5.74, 6) is -0.676. The molecule has 0 atom stereocenters. The molecule has 0 radical (unpaired) electrons. The Balaban J connectivity index is 2.36. The Morgan fingerprint density at radius 1 is 1.27 bits per heavy atom. The number of fused-ring (bicyclic) bond motifs is 1. The van der Waals surface area contributed by atoms with Crippen molar-refractivity contribution in [3.63, 3.8) is 0 Å². The molecule has 6 nitrogen and oxygen atoms in total. The van der Waals surface area contributed by atoms with E-state index in [4.69, 9.17) is 0 Å². The van der Waals surface area contributed by atoms with E-state index in [1.807, 2.05) is 0 Å². The van der Waals surface area contributed by atoms with Crippen LogP contribution in [0.3, 0.4) is 0 Å². The Bertz CT molecular complexity index is 1040. The number of aryl methyl sites for hydroxylation is 1. The maximum Gasteiger partial charge on any atom is 0.435 e. The lowest BCUT2D eigenvalue weighted by Crippen LogP contribution is -2.24. The minimum absolute atomic E-state index is 0.000172. The number of esters is 1. The van der Waals surface area contributed by atoms with Gasteiger partial charge >= 0.3 is 12.1 Å². The summed E-state index contributed by atoms with van der Waals surface area (Å²) in [6, 6.07) is 7.86. The van der Waals surface area contributed by atoms with Crippen LogP contribution in [-0.4, -0.2) is 27.7 Å². The Morgan fingerprint density at radius 2 is 1.92 bits per heavy atom. The molecule has 0 fully saturated rings. The molecule has 3 aromatic rings. The van der Waals surface area contributed by atoms with Gasteiger partial charge in [-0.15, -0.1) is 0 Å². The highest BCUT2D eigenvalue weighted by atomic mass is 19.4. The molecule has 0 spiro atoms. The number of rotatable bonds is 3. The van der Waals surface area contributed by atoms with Crippen LogP contribution in [0, 0.1) is 6.92 Å². The van der Waals surface area contributed by atoms with Gasteiger partial charge in [0.2, 0.25) is 0 Å². The van der Waals surface area contributed by atoms with E-state index in [0.29, 0.717) is 4.52 Å². The maximum absolute atomic E-state index is 13.5. The fraction of sp³-hybridized carbons (Fsp3) is 0.235. The predicted octanol–water partition coefficient (Wildman–Crippen LogP) is 2.73. The van der Waals surface area contributed by atoms with Gasteiger partial charge in [0, 0.05) is 11.3 Å². The minimum Gasteiger partial charge on any atom is -0.469 e. The molecular weight excluding hydrogens is 351 g/mol. The lowest BCUT2D eigenvalue weighted by atomic mass is 10.1. The van der Waals surface area contributed by atoms with Crippen LogP contribution in [0.5, 0.6) is 0 Å². The summed E-state index contributed by atoms with van der Waals surface area (Å²) >= 11 is 0. The molecule has 0 amide bonds. The number of halogens is 3. The third-order valence-electron chi connectivity index (χ3n) is 3.97. The summed E-state index contributed by atoms with van der Waals surface area (Å²) in [4.78, 5) is 26.9. The molecule has 3 rings (SSSR count). The van der Waals surface area contributed by atoms with Gasteiger partial charge in [-0.3, -0.25) is 9.59 Å². The Hall–Kier alpha value is -3.10. The van der Waals surface area contributed by atoms with Crippen molar-refractivity contribution in [2.75, 3.05) is 7.11 Å². The van der Waals surface area contributed by atoms with E-state index in [0.717, 1.165) is 7.11 Å². The molecule has 0 saturated carbocycles. The van der Waals surface area contributed by atoms with Crippen molar-refractivity contribution < 1.29 is 22.7 Å². The van der Waals surface area contributed by atoms with E-state index >= 15 is 0 Å². The first-order valence-corrected chi connectivity index (χ1v) is 7.58. The van der Waals surface area contributed by atoms with Gasteiger partial charge < -0.3 is 9.72 Å². The summed E-state index contributed by atoms with van der Waals surface area (Å²) < 4.78 is 45.7. The van der Waals surface area contributed by atoms with Crippen LogP contribution in [0.15, 0.2) is 35.1 Å². The maximum atomic E-state index is 13.5. The number of aromatic nitrogens is 3. The minimum atomic E-state index is -4.76. The highest BCUT2D eigenvalue weighted by Gasteiger charge is 2.39. The van der Waals surface area contributed by atoms with Crippen LogP contribution in [0.2, 0.25) is 0 Å². The number of nitrogens with one attached hydrogen (secondary N) is 1. The SMILES string of the molecule is COC(=O)Cc1c(C)[nH]c2c(-c3ccccc3)c(C(F)(F)F)nn2c1=O. The topological polar surface area (TPSA) is 76.5 Å². The Kier molecular flexibility index (Phi) is 4.31. The van der Waals surface area contributed by atoms with Crippen molar-refractivity contribution in [3.8, 4) is 11.1 Å². The number of aromatic amines is 1. The summed E-state index contributed by atoms with van der Waals surface area (Å²) in [5, 5.41) is 3.49. The van der Waals surface area contributed by atoms with Crippen LogP contribution in [0.25, 0.3) is 16.8 Å². The summed E-state index contributed by atoms with van der Waals surface area (Å²) in [5.41, 5.74) is -1.73. The second-order valence-corrected chi connectivity index (χ2v) is 5.63. The third-order valence-corrected chi connectivity index (χ3v) is 3.97. The quantitative estimate of drug-likeness (QED) is 0.724. The molecule has 26 heavy (non-hydrogen) atoms. The number of benzene rings is 1. The van der Waals surface area contributed by atoms with Crippen LogP contribution in [-0.2, 0) is 22.1 Å². The number of nitrogens with zero attached hydrogens (tertiary/aromatic N) is 2. The predicted molar refractivity (Wildman–Crippen MR) is 86.7 cm³/mol. The van der Waals surface area contributed by atoms with Crippen LogP contribution >= 0.6 is 0 Å². The highest BCUT2D eigenvalue weighted by molar-refractivity contribution is 5.81. The number of alkyl halides is 3. The molecule has 136 valence electrons. The van der Waals surface area contributed by atoms with Crippen molar-refractivity contribution >= 4 is 11.6 Å². The average Bonchev–Trinajstić information content (AvgIpc) is 2.99. The van der Waals surface area contributed by atoms with Gasteiger partial charge in [-0.1, -0.05) is 30.3 Å². The van der Waals surface area contributed by atoms with Crippen molar-refractivity contribution in [3.05, 3.63) is 57.6 Å². The molecule has 2 heterocycles. The van der Waals surface area contributed by atoms with E-state index < -0.39 is 23.4 Å². The van der Waals surface area contributed by atoms with Crippen LogP contribution in [0.4, 0.5) is 13.2 Å². The highest BCUT2D eigenvalue weighted by Crippen LogP contribution is 2.38. The molecule has 0 unspecified atom stereocenters. The summed E-state index contributed by atoms with van der Waals surface area (Å²) in [6.07, 6.45) is -5.12. The first-order valence-electron chi connectivity index (χ1n) is 7.58. The zero-order valence-corrected chi connectivity index (χ0v) is 13.8. The Labute approximate surface area is 145 Å². The van der Waals surface area contributed by atoms with Crippen LogP contribution < -0.4 is 5.56 Å². The number of hydrogen-bond donors (Lipinski definition) is 1. The third kappa shape index (κ3) is 2.96. The molecular formula is C17H14F3N3O3. The van der Waals surface area contributed by atoms with Crippen molar-refractivity contribution in [1.29, 1.82) is 0 Å². The normalized spacial score (nSPS) is 11.7. The van der Waals surface area contributed by atoms with E-state index in [-0.39, 0.29) is 34.5 Å². The molecule has 0 aliphatic heterocycles. The number of ether oxygens (including phenoxy) is 1. The monoisotopic (exact) mass is 365 g/mol. The first-order chi connectivity index (χ1) is 12.2. The van der Waals surface area contributed by atoms with Crippen molar-refractivity contribution in [1.82, 2.24) is 14.6 Å². The molecule has 9 heteroatoms. The second-order valence-electron chi connectivity index (χ2n) is 5.63. The van der Waals surface area contributed by atoms with Crippen LogP contribution in [0.1, 0.15) is 17.0 Å². The van der Waals surface area contributed by atoms with Gasteiger partial charge in [0.15, 0.2) is 5.69 Å². The van der Waals surface area contributed by atoms with Gasteiger partial charge in [0.05, 0.1) is 19.1 Å². The lowest BCUT2D eigenvalue weighted by molar-refractivity contribution is -0.141. The molecule has 1 N–H and O–H groups in total. The van der Waals surface area contributed by atoms with Crippen molar-refractivity contribution in [2.45, 2.75) is 19.5 Å². The number of hydrogen-bond acceptors (Lipinski definition) is 4. The van der Waals surface area contributed by atoms with Gasteiger partial charge in [-0.25, -0.2) is 0 Å². The van der Waals surface area contributed by atoms with Gasteiger partial charge in [0.25, 0.3) is 5.56 Å². The number of H-pyrrole nitrogens is 1. The fourth-order valence-corrected chi connectivity index (χ4v) is 2.72. The first kappa shape index (κ1) is 17.7. The number of carbonyl (C=O) groups excluding carboxylic acids is 1. The second kappa shape index (κ2) is 6.32. The van der Waals surface area contributed by atoms with Gasteiger partial charge in [-0.05, 0) is 12.5 Å². The Morgan fingerprint density at radius 3 is 2.50 bits per heavy atom. The number of methoxy groups -OCH3 is 1. The standard InChI is InChI=1S/C17H14F3N3O3/c1-9-11(8-12(24)26-2)16(25)23-15(21-9)13(10-6-4-3-5-7-10)14(22-23)17(18,19)20/h3-7,21H,8H2,1-2H3. The molecule has 0 saturated heterocycles. The van der Waals surface area contributed by atoms with Crippen molar-refractivity contribution in [2.24, 2.45) is 0 Å². The lowest BCUT2D eigenvalue weighted by Gasteiger charge is -2.08. The van der Waals surface area contributed by atoms with E-state index in [1.54, 1.807) is 18.2 Å². The largest absolute Gasteiger partial charge is 0.469 e. The summed E-state index contributed by atoms with van der Waals surface area (Å²) in [6.45, 7) is 1.51. The molecule has 1 aromatic carbocycles. The number of carbonyl (C=O) groups is 1. The molecule has 2 aromatic heterocycles. The van der Waals surface area contributed by atoms with E-state index in [2.05, 4.69) is 14.8 Å². The van der Waals surface area contributed by atoms with E-state index in [1.165, 1.54) is 19.1 Å². The van der Waals surface area contributed by atoms with Gasteiger partial charge in [0.1, 0.15) is 5.65 Å². The van der Waals surface area contributed by atoms with E-state index in [9.17, 15) is 22.8 Å². The smallest absolute Gasteiger partial charge is 0.435 e.